The average Bonchev–Trinajstić information content (AvgIpc) is 3.92. The molecule has 0 saturated carbocycles. The highest BCUT2D eigenvalue weighted by Gasteiger charge is 2.22. The molecule has 0 radical (unpaired) electrons. The van der Waals surface area contributed by atoms with Gasteiger partial charge in [0.15, 0.2) is 11.6 Å². The van der Waals surface area contributed by atoms with Gasteiger partial charge in [0.25, 0.3) is 0 Å². The van der Waals surface area contributed by atoms with Crippen molar-refractivity contribution < 1.29 is 0 Å². The molecule has 0 aliphatic heterocycles. The Bertz CT molecular complexity index is 3410. The first-order chi connectivity index (χ1) is 28.3. The third kappa shape index (κ3) is 4.74. The third-order valence-corrected chi connectivity index (χ3v) is 11.3. The number of rotatable bonds is 5. The molecule has 0 N–H and O–H groups in total. The van der Waals surface area contributed by atoms with Crippen LogP contribution in [-0.2, 0) is 0 Å². The zero-order valence-electron chi connectivity index (χ0n) is 30.7. The molecule has 57 heavy (non-hydrogen) atoms. The zero-order chi connectivity index (χ0) is 37.5. The van der Waals surface area contributed by atoms with E-state index in [1.165, 1.54) is 32.6 Å². The summed E-state index contributed by atoms with van der Waals surface area (Å²) in [7, 11) is 0. The largest absolute Gasteiger partial charge is 0.309 e. The minimum absolute atomic E-state index is 0.571. The first kappa shape index (κ1) is 31.5. The van der Waals surface area contributed by atoms with Crippen molar-refractivity contribution in [2.75, 3.05) is 0 Å². The molecule has 0 spiro atoms. The van der Waals surface area contributed by atoms with Gasteiger partial charge in [-0.15, -0.1) is 0 Å². The van der Waals surface area contributed by atoms with Gasteiger partial charge in [-0.1, -0.05) is 146 Å². The molecule has 0 atom stereocenters. The molecule has 0 unspecified atom stereocenters. The Morgan fingerprint density at radius 3 is 1.33 bits per heavy atom. The Labute approximate surface area is 327 Å². The van der Waals surface area contributed by atoms with Crippen LogP contribution in [0.1, 0.15) is 0 Å². The maximum Gasteiger partial charge on any atom is 0.238 e. The molecule has 0 fully saturated rings. The molecule has 0 bridgehead atoms. The molecule has 12 aromatic rings. The second-order valence-electron chi connectivity index (χ2n) is 14.5. The van der Waals surface area contributed by atoms with Crippen LogP contribution in [0.5, 0.6) is 0 Å². The van der Waals surface area contributed by atoms with Crippen LogP contribution in [-0.4, -0.2) is 28.7 Å². The van der Waals surface area contributed by atoms with Crippen LogP contribution >= 0.6 is 0 Å². The number of hydrogen-bond acceptors (Lipinski definition) is 3. The fourth-order valence-electron chi connectivity index (χ4n) is 8.86. The third-order valence-electron chi connectivity index (χ3n) is 11.3. The topological polar surface area (TPSA) is 53.5 Å². The lowest BCUT2D eigenvalue weighted by Crippen LogP contribution is -2.06. The number of benzene rings is 8. The SMILES string of the molecule is c1ccc(-c2nc(-c3ccccc3)nc(-n3c4ccccc4c4c(-n5c6ccccc6c6ccc(-n7c8ccccc8c8ccccc87)cc65)cccc43)n2)cc1. The number of nitrogens with zero attached hydrogens (tertiary/aromatic N) is 6. The predicted molar refractivity (Wildman–Crippen MR) is 234 cm³/mol. The maximum absolute atomic E-state index is 5.19. The Hall–Kier alpha value is -7.83. The van der Waals surface area contributed by atoms with Crippen LogP contribution in [0.25, 0.3) is 106 Å². The molecule has 8 aromatic carbocycles. The van der Waals surface area contributed by atoms with Crippen LogP contribution < -0.4 is 0 Å². The van der Waals surface area contributed by atoms with E-state index in [1.54, 1.807) is 0 Å². The first-order valence-corrected chi connectivity index (χ1v) is 19.2. The zero-order valence-corrected chi connectivity index (χ0v) is 30.7. The predicted octanol–water partition coefficient (Wildman–Crippen LogP) is 12.5. The fourth-order valence-corrected chi connectivity index (χ4v) is 8.86. The van der Waals surface area contributed by atoms with E-state index < -0.39 is 0 Å². The molecular weight excluding hydrogens is 697 g/mol. The monoisotopic (exact) mass is 728 g/mol. The van der Waals surface area contributed by atoms with Crippen molar-refractivity contribution >= 4 is 65.4 Å². The van der Waals surface area contributed by atoms with E-state index in [0.717, 1.165) is 55.3 Å². The summed E-state index contributed by atoms with van der Waals surface area (Å²) >= 11 is 0. The molecule has 12 rings (SSSR count). The van der Waals surface area contributed by atoms with Crippen LogP contribution in [0.4, 0.5) is 0 Å². The summed E-state index contributed by atoms with van der Waals surface area (Å²) in [5.41, 5.74) is 10.8. The minimum atomic E-state index is 0.571. The molecule has 0 saturated heterocycles. The summed E-state index contributed by atoms with van der Waals surface area (Å²) in [6.07, 6.45) is 0. The lowest BCUT2D eigenvalue weighted by atomic mass is 10.1. The van der Waals surface area contributed by atoms with E-state index in [-0.39, 0.29) is 0 Å². The van der Waals surface area contributed by atoms with Gasteiger partial charge in [-0.25, -0.2) is 4.98 Å². The molecule has 6 nitrogen and oxygen atoms in total. The quantitative estimate of drug-likeness (QED) is 0.177. The van der Waals surface area contributed by atoms with Crippen molar-refractivity contribution in [3.63, 3.8) is 0 Å². The van der Waals surface area contributed by atoms with E-state index in [9.17, 15) is 0 Å². The van der Waals surface area contributed by atoms with Crippen molar-refractivity contribution in [2.24, 2.45) is 0 Å². The van der Waals surface area contributed by atoms with Gasteiger partial charge in [0.1, 0.15) is 0 Å². The van der Waals surface area contributed by atoms with Gasteiger partial charge < -0.3 is 9.13 Å². The maximum atomic E-state index is 5.19. The van der Waals surface area contributed by atoms with Gasteiger partial charge in [0.05, 0.1) is 38.8 Å². The van der Waals surface area contributed by atoms with E-state index in [1.807, 2.05) is 60.7 Å². The highest BCUT2D eigenvalue weighted by atomic mass is 15.2. The molecule has 6 heteroatoms. The highest BCUT2D eigenvalue weighted by Crippen LogP contribution is 2.41. The summed E-state index contributed by atoms with van der Waals surface area (Å²) in [6, 6.07) is 68.5. The summed E-state index contributed by atoms with van der Waals surface area (Å²) < 4.78 is 7.04. The summed E-state index contributed by atoms with van der Waals surface area (Å²) in [5, 5.41) is 7.15. The van der Waals surface area contributed by atoms with E-state index in [2.05, 4.69) is 147 Å². The van der Waals surface area contributed by atoms with Crippen molar-refractivity contribution in [2.45, 2.75) is 0 Å². The van der Waals surface area contributed by atoms with Gasteiger partial charge in [0.2, 0.25) is 5.95 Å². The number of fused-ring (bicyclic) bond motifs is 9. The van der Waals surface area contributed by atoms with Crippen LogP contribution in [0.2, 0.25) is 0 Å². The van der Waals surface area contributed by atoms with Gasteiger partial charge in [0, 0.05) is 49.1 Å². The van der Waals surface area contributed by atoms with Crippen molar-refractivity contribution in [1.82, 2.24) is 28.7 Å². The molecule has 0 amide bonds. The second kappa shape index (κ2) is 12.3. The van der Waals surface area contributed by atoms with E-state index in [0.29, 0.717) is 17.6 Å². The molecule has 4 heterocycles. The van der Waals surface area contributed by atoms with Crippen LogP contribution in [0, 0.1) is 0 Å². The van der Waals surface area contributed by atoms with Gasteiger partial charge in [-0.3, -0.25) is 4.57 Å². The van der Waals surface area contributed by atoms with Crippen LogP contribution in [0.3, 0.4) is 0 Å². The summed E-state index contributed by atoms with van der Waals surface area (Å²) in [4.78, 5) is 15.4. The highest BCUT2D eigenvalue weighted by molar-refractivity contribution is 6.17. The number of para-hydroxylation sites is 4. The number of hydrogen-bond donors (Lipinski definition) is 0. The Morgan fingerprint density at radius 1 is 0.298 bits per heavy atom. The first-order valence-electron chi connectivity index (χ1n) is 19.2. The number of aromatic nitrogens is 6. The van der Waals surface area contributed by atoms with Gasteiger partial charge in [-0.05, 0) is 48.5 Å². The van der Waals surface area contributed by atoms with Gasteiger partial charge in [-0.2, -0.15) is 9.97 Å². The summed E-state index contributed by atoms with van der Waals surface area (Å²) in [5.74, 6) is 1.82. The van der Waals surface area contributed by atoms with E-state index >= 15 is 0 Å². The minimum Gasteiger partial charge on any atom is -0.309 e. The van der Waals surface area contributed by atoms with E-state index in [4.69, 9.17) is 15.0 Å². The standard InChI is InChI=1S/C51H32N6/c1-3-16-33(17-4-1)49-52-50(34-18-5-2-6-19-34)54-51(53-49)57-44-27-14-10-23-40(44)48-45(28-15-29-46(48)57)56-43-26-13-9-22-38(43)39-31-30-35(32-47(39)56)55-41-24-11-7-20-36(41)37-21-8-12-25-42(37)55/h1-32H. The Kier molecular flexibility index (Phi) is 6.83. The van der Waals surface area contributed by atoms with Crippen molar-refractivity contribution in [3.05, 3.63) is 194 Å². The average molecular weight is 729 g/mol. The smallest absolute Gasteiger partial charge is 0.238 e. The van der Waals surface area contributed by atoms with Crippen molar-refractivity contribution in [1.29, 1.82) is 0 Å². The lowest BCUT2D eigenvalue weighted by Gasteiger charge is -2.13. The Balaban J connectivity index is 1.16. The normalized spacial score (nSPS) is 11.9. The Morgan fingerprint density at radius 2 is 0.754 bits per heavy atom. The van der Waals surface area contributed by atoms with Crippen molar-refractivity contribution in [3.8, 4) is 40.1 Å². The van der Waals surface area contributed by atoms with Crippen LogP contribution in [0.15, 0.2) is 194 Å². The molecule has 4 aromatic heterocycles. The van der Waals surface area contributed by atoms with Gasteiger partial charge >= 0.3 is 0 Å². The molecular formula is C51H32N6. The summed E-state index contributed by atoms with van der Waals surface area (Å²) in [6.45, 7) is 0. The molecule has 266 valence electrons. The lowest BCUT2D eigenvalue weighted by molar-refractivity contribution is 0.953. The second-order valence-corrected chi connectivity index (χ2v) is 14.5. The molecule has 0 aliphatic rings. The molecule has 0 aliphatic carbocycles. The fraction of sp³-hybridized carbons (Fsp3) is 0.